The molecule has 0 unspecified atom stereocenters. The van der Waals surface area contributed by atoms with E-state index in [-0.39, 0.29) is 11.5 Å². The number of ether oxygens (including phenoxy) is 1. The van der Waals surface area contributed by atoms with Gasteiger partial charge in [0.05, 0.1) is 6.54 Å². The van der Waals surface area contributed by atoms with Crippen LogP contribution in [-0.4, -0.2) is 30.0 Å². The first-order valence-corrected chi connectivity index (χ1v) is 6.94. The maximum absolute atomic E-state index is 12.3. The zero-order chi connectivity index (χ0) is 15.3. The molecule has 0 aliphatic carbocycles. The van der Waals surface area contributed by atoms with Crippen molar-refractivity contribution in [2.45, 2.75) is 39.7 Å². The van der Waals surface area contributed by atoms with Gasteiger partial charge in [-0.3, -0.25) is 4.79 Å². The summed E-state index contributed by atoms with van der Waals surface area (Å²) in [5.74, 6) is 0.574. The Morgan fingerprint density at radius 2 is 1.80 bits per heavy atom. The number of hydrogen-bond donors (Lipinski definition) is 0. The van der Waals surface area contributed by atoms with Gasteiger partial charge in [0.15, 0.2) is 0 Å². The molecule has 1 aromatic carbocycles. The van der Waals surface area contributed by atoms with E-state index in [1.165, 1.54) is 5.56 Å². The van der Waals surface area contributed by atoms with Crippen molar-refractivity contribution in [3.05, 3.63) is 47.7 Å². The van der Waals surface area contributed by atoms with Crippen LogP contribution in [0, 0.1) is 0 Å². The van der Waals surface area contributed by atoms with Crippen LogP contribution in [0.5, 0.6) is 0 Å². The summed E-state index contributed by atoms with van der Waals surface area (Å²) in [6, 6.07) is 7.71. The molecule has 0 aliphatic heterocycles. The molecule has 3 heteroatoms. The molecule has 0 heterocycles. The van der Waals surface area contributed by atoms with Crippen LogP contribution in [0.3, 0.4) is 0 Å². The van der Waals surface area contributed by atoms with E-state index in [0.717, 1.165) is 6.42 Å². The smallest absolute Gasteiger partial charge is 0.254 e. The predicted molar refractivity (Wildman–Crippen MR) is 82.8 cm³/mol. The third kappa shape index (κ3) is 5.08. The number of rotatable bonds is 5. The third-order valence-electron chi connectivity index (χ3n) is 2.82. The Bertz CT molecular complexity index is 469. The van der Waals surface area contributed by atoms with E-state index in [4.69, 9.17) is 4.74 Å². The molecule has 0 bridgehead atoms. The predicted octanol–water partition coefficient (Wildman–Crippen LogP) is 3.65. The Morgan fingerprint density at radius 3 is 2.25 bits per heavy atom. The SMILES string of the molecule is C=C(CN(C)C(=O)c1ccc(CC)cc1)OC(C)(C)C. The highest BCUT2D eigenvalue weighted by Gasteiger charge is 2.16. The quantitative estimate of drug-likeness (QED) is 0.768. The van der Waals surface area contributed by atoms with Gasteiger partial charge < -0.3 is 9.64 Å². The fourth-order valence-corrected chi connectivity index (χ4v) is 1.91. The van der Waals surface area contributed by atoms with Crippen molar-refractivity contribution in [3.63, 3.8) is 0 Å². The second-order valence-electron chi connectivity index (χ2n) is 5.96. The van der Waals surface area contributed by atoms with Crippen molar-refractivity contribution in [2.24, 2.45) is 0 Å². The second kappa shape index (κ2) is 6.60. The minimum atomic E-state index is -0.288. The van der Waals surface area contributed by atoms with E-state index in [0.29, 0.717) is 17.9 Å². The van der Waals surface area contributed by atoms with Crippen molar-refractivity contribution < 1.29 is 9.53 Å². The summed E-state index contributed by atoms with van der Waals surface area (Å²) in [5, 5.41) is 0. The van der Waals surface area contributed by atoms with E-state index in [9.17, 15) is 4.79 Å². The number of benzene rings is 1. The summed E-state index contributed by atoms with van der Waals surface area (Å²) in [7, 11) is 1.76. The fourth-order valence-electron chi connectivity index (χ4n) is 1.91. The van der Waals surface area contributed by atoms with Gasteiger partial charge in [-0.05, 0) is 44.9 Å². The third-order valence-corrected chi connectivity index (χ3v) is 2.82. The van der Waals surface area contributed by atoms with Crippen LogP contribution in [0.25, 0.3) is 0 Å². The monoisotopic (exact) mass is 275 g/mol. The highest BCUT2D eigenvalue weighted by Crippen LogP contribution is 2.14. The molecule has 110 valence electrons. The highest BCUT2D eigenvalue weighted by molar-refractivity contribution is 5.94. The fraction of sp³-hybridized carbons (Fsp3) is 0.471. The van der Waals surface area contributed by atoms with Gasteiger partial charge in [-0.1, -0.05) is 25.6 Å². The van der Waals surface area contributed by atoms with E-state index in [1.807, 2.05) is 45.0 Å². The van der Waals surface area contributed by atoms with E-state index in [1.54, 1.807) is 11.9 Å². The minimum absolute atomic E-state index is 0.0219. The Labute approximate surface area is 122 Å². The van der Waals surface area contributed by atoms with Crippen LogP contribution in [0.15, 0.2) is 36.6 Å². The molecule has 0 fully saturated rings. The lowest BCUT2D eigenvalue weighted by Gasteiger charge is -2.26. The van der Waals surface area contributed by atoms with Gasteiger partial charge in [0.1, 0.15) is 11.4 Å². The maximum Gasteiger partial charge on any atom is 0.254 e. The van der Waals surface area contributed by atoms with Gasteiger partial charge in [-0.15, -0.1) is 0 Å². The number of nitrogens with zero attached hydrogens (tertiary/aromatic N) is 1. The zero-order valence-corrected chi connectivity index (χ0v) is 13.2. The number of carbonyl (C=O) groups excluding carboxylic acids is 1. The lowest BCUT2D eigenvalue weighted by Crippen LogP contribution is -2.31. The Balaban J connectivity index is 2.64. The highest BCUT2D eigenvalue weighted by atomic mass is 16.5. The van der Waals surface area contributed by atoms with Gasteiger partial charge in [0, 0.05) is 12.6 Å². The number of amides is 1. The summed E-state index contributed by atoms with van der Waals surface area (Å²) in [6.45, 7) is 12.2. The molecular weight excluding hydrogens is 250 g/mol. The number of aryl methyl sites for hydroxylation is 1. The van der Waals surface area contributed by atoms with Crippen molar-refractivity contribution >= 4 is 5.91 Å². The van der Waals surface area contributed by atoms with Crippen LogP contribution < -0.4 is 0 Å². The van der Waals surface area contributed by atoms with Crippen LogP contribution in [0.2, 0.25) is 0 Å². The van der Waals surface area contributed by atoms with Gasteiger partial charge in [0.25, 0.3) is 5.91 Å². The largest absolute Gasteiger partial charge is 0.491 e. The van der Waals surface area contributed by atoms with E-state index < -0.39 is 0 Å². The summed E-state index contributed by atoms with van der Waals surface area (Å²) < 4.78 is 5.64. The molecule has 0 spiro atoms. The van der Waals surface area contributed by atoms with Crippen molar-refractivity contribution in [1.82, 2.24) is 4.90 Å². The minimum Gasteiger partial charge on any atom is -0.491 e. The van der Waals surface area contributed by atoms with Crippen molar-refractivity contribution in [3.8, 4) is 0 Å². The van der Waals surface area contributed by atoms with E-state index >= 15 is 0 Å². The van der Waals surface area contributed by atoms with Crippen LogP contribution in [0.4, 0.5) is 0 Å². The van der Waals surface area contributed by atoms with E-state index in [2.05, 4.69) is 13.5 Å². The first-order valence-electron chi connectivity index (χ1n) is 6.94. The van der Waals surface area contributed by atoms with Gasteiger partial charge in [-0.25, -0.2) is 0 Å². The molecule has 0 atom stereocenters. The molecule has 1 amide bonds. The van der Waals surface area contributed by atoms with Gasteiger partial charge in [0.2, 0.25) is 0 Å². The average molecular weight is 275 g/mol. The van der Waals surface area contributed by atoms with Crippen molar-refractivity contribution in [2.75, 3.05) is 13.6 Å². The Morgan fingerprint density at radius 1 is 1.25 bits per heavy atom. The molecule has 0 saturated heterocycles. The first kappa shape index (κ1) is 16.3. The topological polar surface area (TPSA) is 29.5 Å². The van der Waals surface area contributed by atoms with Gasteiger partial charge in [-0.2, -0.15) is 0 Å². The molecule has 0 saturated carbocycles. The molecule has 0 N–H and O–H groups in total. The lowest BCUT2D eigenvalue weighted by molar-refractivity contribution is 0.0392. The van der Waals surface area contributed by atoms with Crippen LogP contribution in [0.1, 0.15) is 43.6 Å². The lowest BCUT2D eigenvalue weighted by atomic mass is 10.1. The molecular formula is C17H25NO2. The Hall–Kier alpha value is -1.77. The number of hydrogen-bond acceptors (Lipinski definition) is 2. The van der Waals surface area contributed by atoms with Crippen molar-refractivity contribution in [1.29, 1.82) is 0 Å². The van der Waals surface area contributed by atoms with Crippen LogP contribution >= 0.6 is 0 Å². The number of carbonyl (C=O) groups is 1. The van der Waals surface area contributed by atoms with Gasteiger partial charge >= 0.3 is 0 Å². The van der Waals surface area contributed by atoms with Crippen LogP contribution in [-0.2, 0) is 11.2 Å². The zero-order valence-electron chi connectivity index (χ0n) is 13.2. The average Bonchev–Trinajstić information content (AvgIpc) is 2.35. The molecule has 3 nitrogen and oxygen atoms in total. The molecule has 1 rings (SSSR count). The molecule has 0 aromatic heterocycles. The summed E-state index contributed by atoms with van der Waals surface area (Å²) in [4.78, 5) is 13.9. The molecule has 1 aromatic rings. The first-order chi connectivity index (χ1) is 9.23. The standard InChI is InChI=1S/C17H25NO2/c1-7-14-8-10-15(11-9-14)16(19)18(6)12-13(2)20-17(3,4)5/h8-11H,2,7,12H2,1,3-6H3. The molecule has 20 heavy (non-hydrogen) atoms. The summed E-state index contributed by atoms with van der Waals surface area (Å²) >= 11 is 0. The molecule has 0 radical (unpaired) electrons. The normalized spacial score (nSPS) is 11.1. The molecule has 0 aliphatic rings. The summed E-state index contributed by atoms with van der Waals surface area (Å²) in [6.07, 6.45) is 0.973. The number of likely N-dealkylation sites (N-methyl/N-ethyl adjacent to an activating group) is 1. The maximum atomic E-state index is 12.3. The Kier molecular flexibility index (Phi) is 5.37. The summed E-state index contributed by atoms with van der Waals surface area (Å²) in [5.41, 5.74) is 1.63. The second-order valence-corrected chi connectivity index (χ2v) is 5.96.